The predicted octanol–water partition coefficient (Wildman–Crippen LogP) is 4.10. The minimum atomic E-state index is -0.572. The van der Waals surface area contributed by atoms with Crippen molar-refractivity contribution in [2.24, 2.45) is 0 Å². The van der Waals surface area contributed by atoms with Gasteiger partial charge in [0.2, 0.25) is 0 Å². The van der Waals surface area contributed by atoms with Crippen LogP contribution in [0, 0.1) is 0 Å². The number of amides is 1. The summed E-state index contributed by atoms with van der Waals surface area (Å²) >= 11 is 11.8. The molecule has 1 amide bonds. The van der Waals surface area contributed by atoms with E-state index in [0.29, 0.717) is 21.7 Å². The molecule has 2 rings (SSSR count). The third-order valence-electron chi connectivity index (χ3n) is 2.36. The topological polar surface area (TPSA) is 76.1 Å². The SMILES string of the molecule is CCOC(=O)Nc1ccc(Nc2ccc(Cl)c(Cl)c2)nn1. The Labute approximate surface area is 131 Å². The number of ether oxygens (including phenoxy) is 1. The fourth-order valence-electron chi connectivity index (χ4n) is 1.46. The average Bonchev–Trinajstić information content (AvgIpc) is 2.45. The Morgan fingerprint density at radius 1 is 1.14 bits per heavy atom. The van der Waals surface area contributed by atoms with Gasteiger partial charge in [0.1, 0.15) is 0 Å². The van der Waals surface area contributed by atoms with Crippen molar-refractivity contribution in [1.82, 2.24) is 10.2 Å². The van der Waals surface area contributed by atoms with Crippen LogP contribution in [0.15, 0.2) is 30.3 Å². The van der Waals surface area contributed by atoms with Crippen molar-refractivity contribution >= 4 is 46.6 Å². The summed E-state index contributed by atoms with van der Waals surface area (Å²) in [4.78, 5) is 11.2. The predicted molar refractivity (Wildman–Crippen MR) is 82.4 cm³/mol. The van der Waals surface area contributed by atoms with Gasteiger partial charge in [0.25, 0.3) is 0 Å². The average molecular weight is 327 g/mol. The lowest BCUT2D eigenvalue weighted by Gasteiger charge is -2.07. The van der Waals surface area contributed by atoms with Gasteiger partial charge in [0.05, 0.1) is 16.7 Å². The van der Waals surface area contributed by atoms with E-state index in [2.05, 4.69) is 20.8 Å². The molecule has 0 bridgehead atoms. The Morgan fingerprint density at radius 3 is 2.48 bits per heavy atom. The highest BCUT2D eigenvalue weighted by molar-refractivity contribution is 6.42. The van der Waals surface area contributed by atoms with E-state index in [4.69, 9.17) is 27.9 Å². The number of aromatic nitrogens is 2. The van der Waals surface area contributed by atoms with E-state index in [1.807, 2.05) is 0 Å². The number of hydrogen-bond donors (Lipinski definition) is 2. The molecule has 6 nitrogen and oxygen atoms in total. The summed E-state index contributed by atoms with van der Waals surface area (Å²) in [5.74, 6) is 0.802. The van der Waals surface area contributed by atoms with Crippen molar-refractivity contribution in [3.8, 4) is 0 Å². The number of halogens is 2. The molecule has 0 radical (unpaired) electrons. The quantitative estimate of drug-likeness (QED) is 0.884. The lowest BCUT2D eigenvalue weighted by Crippen LogP contribution is -2.14. The number of nitrogens with one attached hydrogen (secondary N) is 2. The van der Waals surface area contributed by atoms with Gasteiger partial charge in [-0.05, 0) is 37.3 Å². The zero-order valence-electron chi connectivity index (χ0n) is 11.1. The molecule has 0 unspecified atom stereocenters. The summed E-state index contributed by atoms with van der Waals surface area (Å²) in [6.45, 7) is 2.01. The molecule has 8 heteroatoms. The molecule has 0 aliphatic rings. The summed E-state index contributed by atoms with van der Waals surface area (Å²) in [7, 11) is 0. The first kappa shape index (κ1) is 15.3. The van der Waals surface area contributed by atoms with Crippen LogP contribution in [0.1, 0.15) is 6.92 Å². The maximum absolute atomic E-state index is 11.2. The largest absolute Gasteiger partial charge is 0.450 e. The minimum Gasteiger partial charge on any atom is -0.450 e. The first-order chi connectivity index (χ1) is 10.1. The van der Waals surface area contributed by atoms with Crippen LogP contribution in [-0.2, 0) is 4.74 Å². The van der Waals surface area contributed by atoms with Gasteiger partial charge in [-0.15, -0.1) is 10.2 Å². The Morgan fingerprint density at radius 2 is 1.86 bits per heavy atom. The molecule has 0 fully saturated rings. The van der Waals surface area contributed by atoms with Gasteiger partial charge in [0.15, 0.2) is 11.6 Å². The van der Waals surface area contributed by atoms with Crippen molar-refractivity contribution in [2.45, 2.75) is 6.92 Å². The molecule has 0 saturated carbocycles. The Kier molecular flexibility index (Phi) is 5.19. The zero-order chi connectivity index (χ0) is 15.2. The van der Waals surface area contributed by atoms with Crippen LogP contribution >= 0.6 is 23.2 Å². The summed E-state index contributed by atoms with van der Waals surface area (Å²) < 4.78 is 4.74. The Hall–Kier alpha value is -2.05. The number of rotatable bonds is 4. The summed E-state index contributed by atoms with van der Waals surface area (Å²) in [6, 6.07) is 8.38. The first-order valence-electron chi connectivity index (χ1n) is 6.08. The van der Waals surface area contributed by atoms with E-state index in [1.165, 1.54) is 0 Å². The van der Waals surface area contributed by atoms with E-state index < -0.39 is 6.09 Å². The maximum atomic E-state index is 11.2. The van der Waals surface area contributed by atoms with Crippen LogP contribution in [0.25, 0.3) is 0 Å². The number of benzene rings is 1. The molecular formula is C13H12Cl2N4O2. The molecular weight excluding hydrogens is 315 g/mol. The summed E-state index contributed by atoms with van der Waals surface area (Å²) in [6.07, 6.45) is -0.572. The van der Waals surface area contributed by atoms with Gasteiger partial charge in [-0.2, -0.15) is 0 Å². The van der Waals surface area contributed by atoms with E-state index in [9.17, 15) is 4.79 Å². The smallest absolute Gasteiger partial charge is 0.412 e. The highest BCUT2D eigenvalue weighted by Crippen LogP contribution is 2.26. The molecule has 1 aromatic heterocycles. The Balaban J connectivity index is 2.01. The standard InChI is InChI=1S/C13H12Cl2N4O2/c1-2-21-13(20)17-12-6-5-11(18-19-12)16-8-3-4-9(14)10(15)7-8/h3-7H,2H2,1H3,(H,16,18)(H,17,19,20). The normalized spacial score (nSPS) is 10.0. The zero-order valence-corrected chi connectivity index (χ0v) is 12.6. The van der Waals surface area contributed by atoms with Gasteiger partial charge in [-0.25, -0.2) is 4.79 Å². The van der Waals surface area contributed by atoms with Crippen LogP contribution in [0.5, 0.6) is 0 Å². The van der Waals surface area contributed by atoms with Gasteiger partial charge < -0.3 is 10.1 Å². The molecule has 110 valence electrons. The van der Waals surface area contributed by atoms with Crippen molar-refractivity contribution in [2.75, 3.05) is 17.2 Å². The molecule has 0 saturated heterocycles. The van der Waals surface area contributed by atoms with Crippen molar-refractivity contribution < 1.29 is 9.53 Å². The third kappa shape index (κ3) is 4.47. The maximum Gasteiger partial charge on any atom is 0.412 e. The monoisotopic (exact) mass is 326 g/mol. The van der Waals surface area contributed by atoms with Crippen LogP contribution in [0.2, 0.25) is 10.0 Å². The number of anilines is 3. The highest BCUT2D eigenvalue weighted by Gasteiger charge is 2.05. The molecule has 0 spiro atoms. The molecule has 1 aromatic carbocycles. The highest BCUT2D eigenvalue weighted by atomic mass is 35.5. The number of hydrogen-bond acceptors (Lipinski definition) is 5. The van der Waals surface area contributed by atoms with Crippen LogP contribution < -0.4 is 10.6 Å². The lowest BCUT2D eigenvalue weighted by molar-refractivity contribution is 0.168. The van der Waals surface area contributed by atoms with E-state index in [0.717, 1.165) is 5.69 Å². The Bertz CT molecular complexity index is 635. The van der Waals surface area contributed by atoms with E-state index in [-0.39, 0.29) is 6.61 Å². The van der Waals surface area contributed by atoms with Gasteiger partial charge in [-0.3, -0.25) is 5.32 Å². The fraction of sp³-hybridized carbons (Fsp3) is 0.154. The van der Waals surface area contributed by atoms with Crippen LogP contribution in [-0.4, -0.2) is 22.9 Å². The fourth-order valence-corrected chi connectivity index (χ4v) is 1.76. The molecule has 0 atom stereocenters. The van der Waals surface area contributed by atoms with E-state index in [1.54, 1.807) is 37.3 Å². The van der Waals surface area contributed by atoms with E-state index >= 15 is 0 Å². The van der Waals surface area contributed by atoms with Crippen LogP contribution in [0.3, 0.4) is 0 Å². The third-order valence-corrected chi connectivity index (χ3v) is 3.10. The number of carbonyl (C=O) groups is 1. The molecule has 2 N–H and O–H groups in total. The lowest BCUT2D eigenvalue weighted by atomic mass is 10.3. The van der Waals surface area contributed by atoms with Crippen molar-refractivity contribution in [3.05, 3.63) is 40.4 Å². The first-order valence-corrected chi connectivity index (χ1v) is 6.83. The van der Waals surface area contributed by atoms with Gasteiger partial charge >= 0.3 is 6.09 Å². The van der Waals surface area contributed by atoms with Crippen molar-refractivity contribution in [3.63, 3.8) is 0 Å². The van der Waals surface area contributed by atoms with Gasteiger partial charge in [0, 0.05) is 5.69 Å². The van der Waals surface area contributed by atoms with Crippen molar-refractivity contribution in [1.29, 1.82) is 0 Å². The number of carbonyl (C=O) groups excluding carboxylic acids is 1. The molecule has 1 heterocycles. The summed E-state index contributed by atoms with van der Waals surface area (Å²) in [5.41, 5.74) is 0.727. The second kappa shape index (κ2) is 7.10. The minimum absolute atomic E-state index is 0.288. The molecule has 21 heavy (non-hydrogen) atoms. The number of nitrogens with zero attached hydrogens (tertiary/aromatic N) is 2. The van der Waals surface area contributed by atoms with Crippen LogP contribution in [0.4, 0.5) is 22.1 Å². The van der Waals surface area contributed by atoms with Gasteiger partial charge in [-0.1, -0.05) is 23.2 Å². The molecule has 2 aromatic rings. The molecule has 0 aliphatic heterocycles. The second-order valence-electron chi connectivity index (χ2n) is 3.90. The second-order valence-corrected chi connectivity index (χ2v) is 4.72. The molecule has 0 aliphatic carbocycles. The summed E-state index contributed by atoms with van der Waals surface area (Å²) in [5, 5.41) is 14.2.